The van der Waals surface area contributed by atoms with Crippen LogP contribution in [-0.4, -0.2) is 11.1 Å². The first-order chi connectivity index (χ1) is 4.66. The zero-order valence-electron chi connectivity index (χ0n) is 5.26. The van der Waals surface area contributed by atoms with Crippen LogP contribution in [0.1, 0.15) is 12.8 Å². The lowest BCUT2D eigenvalue weighted by atomic mass is 10.2. The third-order valence-electron chi connectivity index (χ3n) is 0.813. The van der Waals surface area contributed by atoms with Crippen molar-refractivity contribution in [3.8, 4) is 0 Å². The summed E-state index contributed by atoms with van der Waals surface area (Å²) in [5.41, 5.74) is 1.89. The van der Waals surface area contributed by atoms with Gasteiger partial charge in [-0.25, -0.2) is 5.84 Å². The Morgan fingerprint density at radius 3 is 2.60 bits per heavy atom. The summed E-state index contributed by atoms with van der Waals surface area (Å²) in [5, 5.41) is -0.457. The zero-order valence-corrected chi connectivity index (χ0v) is 6.02. The number of rotatable bonds is 4. The van der Waals surface area contributed by atoms with E-state index in [0.717, 1.165) is 0 Å². The van der Waals surface area contributed by atoms with Crippen LogP contribution in [0.25, 0.3) is 0 Å². The number of carbonyl (C=O) groups is 2. The molecule has 0 aromatic carbocycles. The monoisotopic (exact) mass is 163 g/mol. The summed E-state index contributed by atoms with van der Waals surface area (Å²) in [4.78, 5) is 20.4. The topological polar surface area (TPSA) is 72.2 Å². The number of nitrogens with one attached hydrogen (secondary N) is 1. The van der Waals surface area contributed by atoms with Gasteiger partial charge in [-0.05, 0) is 18.0 Å². The largest absolute Gasteiger partial charge is 0.294 e. The summed E-state index contributed by atoms with van der Waals surface area (Å²) in [7, 11) is 0. The third kappa shape index (κ3) is 5.53. The van der Waals surface area contributed by atoms with Gasteiger partial charge in [0.25, 0.3) is 0 Å². The van der Waals surface area contributed by atoms with Gasteiger partial charge in [0.05, 0.1) is 6.42 Å². The highest BCUT2D eigenvalue weighted by molar-refractivity contribution is 6.63. The Morgan fingerprint density at radius 1 is 1.60 bits per heavy atom. The minimum absolute atomic E-state index is 0.162. The maximum Gasteiger partial charge on any atom is 0.237 e. The molecule has 3 N–H and O–H groups in total. The minimum atomic E-state index is -0.457. The van der Waals surface area contributed by atoms with Crippen LogP contribution in [0.15, 0.2) is 0 Å². The van der Waals surface area contributed by atoms with Gasteiger partial charge >= 0.3 is 0 Å². The fourth-order valence-corrected chi connectivity index (χ4v) is 0.485. The van der Waals surface area contributed by atoms with Crippen molar-refractivity contribution in [2.24, 2.45) is 5.84 Å². The van der Waals surface area contributed by atoms with E-state index in [0.29, 0.717) is 6.42 Å². The first-order valence-electron chi connectivity index (χ1n) is 2.69. The molecule has 0 fully saturated rings. The molecule has 0 saturated carbocycles. The molecule has 0 aliphatic heterocycles. The van der Waals surface area contributed by atoms with Crippen LogP contribution in [0.5, 0.6) is 0 Å². The number of hydrogen-bond donors (Lipinski definition) is 2. The molecule has 0 aliphatic rings. The molecule has 0 spiro atoms. The molecule has 1 amide bonds. The molecule has 0 unspecified atom stereocenters. The van der Waals surface area contributed by atoms with Crippen molar-refractivity contribution < 1.29 is 9.59 Å². The number of hydrogen-bond acceptors (Lipinski definition) is 3. The van der Waals surface area contributed by atoms with Gasteiger partial charge in [-0.15, -0.1) is 0 Å². The van der Waals surface area contributed by atoms with Gasteiger partial charge in [0.1, 0.15) is 0 Å². The van der Waals surface area contributed by atoms with Crippen molar-refractivity contribution in [1.82, 2.24) is 5.43 Å². The van der Waals surface area contributed by atoms with E-state index in [1.54, 1.807) is 0 Å². The summed E-state index contributed by atoms with van der Waals surface area (Å²) >= 11 is 4.98. The highest BCUT2D eigenvalue weighted by Crippen LogP contribution is 1.96. The standard InChI is InChI=1S/C5H8ClN2O2/c6-4(9)2-1-3-5(10)8-7/h3H,1-2,7H2,(H,8,10). The van der Waals surface area contributed by atoms with E-state index in [1.165, 1.54) is 6.42 Å². The molecule has 5 heteroatoms. The van der Waals surface area contributed by atoms with Gasteiger partial charge in [-0.3, -0.25) is 15.0 Å². The molecule has 0 bridgehead atoms. The Bertz CT molecular complexity index is 138. The predicted octanol–water partition coefficient (Wildman–Crippen LogP) is -0.274. The predicted molar refractivity (Wildman–Crippen MR) is 36.7 cm³/mol. The van der Waals surface area contributed by atoms with E-state index < -0.39 is 11.1 Å². The van der Waals surface area contributed by atoms with E-state index in [4.69, 9.17) is 17.4 Å². The molecule has 57 valence electrons. The average Bonchev–Trinajstić information content (AvgIpc) is 1.87. The van der Waals surface area contributed by atoms with E-state index in [9.17, 15) is 9.59 Å². The molecule has 0 rings (SSSR count). The van der Waals surface area contributed by atoms with E-state index in [2.05, 4.69) is 0 Å². The lowest BCUT2D eigenvalue weighted by molar-refractivity contribution is -0.118. The Balaban J connectivity index is 3.20. The highest BCUT2D eigenvalue weighted by atomic mass is 35.5. The second-order valence-corrected chi connectivity index (χ2v) is 2.03. The molecule has 10 heavy (non-hydrogen) atoms. The summed E-state index contributed by atoms with van der Waals surface area (Å²) in [5.74, 6) is 4.34. The Labute approximate surface area is 63.7 Å². The molecule has 0 atom stereocenters. The number of halogens is 1. The number of nitrogens with two attached hydrogens (primary N) is 1. The van der Waals surface area contributed by atoms with Crippen molar-refractivity contribution >= 4 is 22.8 Å². The third-order valence-corrected chi connectivity index (χ3v) is 1.00. The lowest BCUT2D eigenvalue weighted by Gasteiger charge is -1.94. The zero-order chi connectivity index (χ0) is 7.98. The molecule has 0 aromatic heterocycles. The van der Waals surface area contributed by atoms with Gasteiger partial charge in [-0.2, -0.15) is 0 Å². The van der Waals surface area contributed by atoms with Crippen molar-refractivity contribution in [3.63, 3.8) is 0 Å². The van der Waals surface area contributed by atoms with Crippen LogP contribution in [-0.2, 0) is 9.59 Å². The molecule has 1 radical (unpaired) electrons. The van der Waals surface area contributed by atoms with Gasteiger partial charge in [0, 0.05) is 6.42 Å². The van der Waals surface area contributed by atoms with Crippen molar-refractivity contribution in [2.45, 2.75) is 12.8 Å². The number of carbonyl (C=O) groups excluding carboxylic acids is 2. The molecule has 0 aromatic rings. The Kier molecular flexibility index (Phi) is 4.88. The van der Waals surface area contributed by atoms with Crippen molar-refractivity contribution in [3.05, 3.63) is 6.42 Å². The van der Waals surface area contributed by atoms with Crippen molar-refractivity contribution in [2.75, 3.05) is 0 Å². The quantitative estimate of drug-likeness (QED) is 0.259. The summed E-state index contributed by atoms with van der Waals surface area (Å²) in [6, 6.07) is 0. The van der Waals surface area contributed by atoms with Crippen LogP contribution in [0, 0.1) is 6.42 Å². The lowest BCUT2D eigenvalue weighted by Crippen LogP contribution is -2.30. The smallest absolute Gasteiger partial charge is 0.237 e. The van der Waals surface area contributed by atoms with E-state index >= 15 is 0 Å². The van der Waals surface area contributed by atoms with E-state index in [-0.39, 0.29) is 6.42 Å². The summed E-state index contributed by atoms with van der Waals surface area (Å²) in [6.45, 7) is 0. The van der Waals surface area contributed by atoms with E-state index in [1.807, 2.05) is 5.43 Å². The molecule has 4 nitrogen and oxygen atoms in total. The summed E-state index contributed by atoms with van der Waals surface area (Å²) in [6.07, 6.45) is 1.75. The van der Waals surface area contributed by atoms with Crippen LogP contribution in [0.4, 0.5) is 0 Å². The minimum Gasteiger partial charge on any atom is -0.294 e. The average molecular weight is 164 g/mol. The Morgan fingerprint density at radius 2 is 2.20 bits per heavy atom. The fraction of sp³-hybridized carbons (Fsp3) is 0.400. The molecular formula is C5H8ClN2O2. The van der Waals surface area contributed by atoms with Crippen LogP contribution in [0.2, 0.25) is 0 Å². The maximum absolute atomic E-state index is 10.3. The van der Waals surface area contributed by atoms with Gasteiger partial charge in [-0.1, -0.05) is 0 Å². The first-order valence-corrected chi connectivity index (χ1v) is 3.06. The molecule has 0 heterocycles. The second-order valence-electron chi connectivity index (χ2n) is 1.61. The fourth-order valence-electron chi connectivity index (χ4n) is 0.376. The number of amides is 1. The van der Waals surface area contributed by atoms with Gasteiger partial charge in [0.2, 0.25) is 11.1 Å². The molecule has 0 saturated heterocycles. The second kappa shape index (κ2) is 5.20. The maximum atomic E-state index is 10.3. The van der Waals surface area contributed by atoms with Gasteiger partial charge < -0.3 is 0 Å². The first kappa shape index (κ1) is 9.39. The molecular weight excluding hydrogens is 156 g/mol. The van der Waals surface area contributed by atoms with Crippen LogP contribution in [0.3, 0.4) is 0 Å². The van der Waals surface area contributed by atoms with Crippen molar-refractivity contribution in [1.29, 1.82) is 0 Å². The Hall–Kier alpha value is -0.610. The van der Waals surface area contributed by atoms with Gasteiger partial charge in [0.15, 0.2) is 0 Å². The van der Waals surface area contributed by atoms with Crippen LogP contribution < -0.4 is 11.3 Å². The molecule has 0 aliphatic carbocycles. The SMILES string of the molecule is NNC(=O)[CH]CCC(=O)Cl. The highest BCUT2D eigenvalue weighted by Gasteiger charge is 2.00. The number of hydrazine groups is 1. The normalized spacial score (nSPS) is 9.00. The summed E-state index contributed by atoms with van der Waals surface area (Å²) < 4.78 is 0. The van der Waals surface area contributed by atoms with Crippen LogP contribution >= 0.6 is 11.6 Å².